The van der Waals surface area contributed by atoms with Gasteiger partial charge < -0.3 is 28.4 Å². The minimum absolute atomic E-state index is 0.193. The zero-order chi connectivity index (χ0) is 21.4. The number of ketones is 1. The van der Waals surface area contributed by atoms with Crippen molar-refractivity contribution in [1.82, 2.24) is 0 Å². The minimum atomic E-state index is -0.674. The molecule has 7 nitrogen and oxygen atoms in total. The van der Waals surface area contributed by atoms with Gasteiger partial charge in [0.15, 0.2) is 23.6 Å². The van der Waals surface area contributed by atoms with Gasteiger partial charge in [-0.3, -0.25) is 4.79 Å². The average molecular weight is 447 g/mol. The fraction of sp³-hybridized carbons (Fsp3) is 0.880. The first-order valence-electron chi connectivity index (χ1n) is 12.8. The summed E-state index contributed by atoms with van der Waals surface area (Å²) in [5.74, 6) is -0.625. The number of carbonyl (C=O) groups is 1. The van der Waals surface area contributed by atoms with E-state index in [9.17, 15) is 4.79 Å². The lowest BCUT2D eigenvalue weighted by Crippen LogP contribution is -2.59. The third kappa shape index (κ3) is 3.05. The van der Waals surface area contributed by atoms with Crippen molar-refractivity contribution >= 4 is 5.78 Å². The number of hydrogen-bond acceptors (Lipinski definition) is 7. The summed E-state index contributed by atoms with van der Waals surface area (Å²) >= 11 is 0. The zero-order valence-electron chi connectivity index (χ0n) is 18.7. The zero-order valence-corrected chi connectivity index (χ0v) is 18.7. The summed E-state index contributed by atoms with van der Waals surface area (Å²) < 4.78 is 39.4. The summed E-state index contributed by atoms with van der Waals surface area (Å²) in [6.45, 7) is 0.960. The van der Waals surface area contributed by atoms with Gasteiger partial charge in [0, 0.05) is 32.1 Å². The first-order valence-corrected chi connectivity index (χ1v) is 12.8. The highest BCUT2D eigenvalue weighted by Crippen LogP contribution is 2.56. The van der Waals surface area contributed by atoms with Gasteiger partial charge in [0.05, 0.1) is 13.2 Å². The van der Waals surface area contributed by atoms with E-state index in [1.807, 2.05) is 0 Å². The normalized spacial score (nSPS) is 46.7. The van der Waals surface area contributed by atoms with Gasteiger partial charge >= 0.3 is 0 Å². The van der Waals surface area contributed by atoms with Gasteiger partial charge in [-0.1, -0.05) is 12.8 Å². The number of hydrogen-bond donors (Lipinski definition) is 0. The van der Waals surface area contributed by atoms with E-state index in [2.05, 4.69) is 0 Å². The first-order chi connectivity index (χ1) is 15.6. The highest BCUT2D eigenvalue weighted by Gasteiger charge is 2.70. The Labute approximate surface area is 189 Å². The summed E-state index contributed by atoms with van der Waals surface area (Å²) in [6.07, 6.45) is 12.4. The molecule has 2 saturated carbocycles. The molecule has 0 radical (unpaired) electrons. The Hall–Kier alpha value is -0.830. The highest BCUT2D eigenvalue weighted by atomic mass is 16.9. The van der Waals surface area contributed by atoms with Gasteiger partial charge in [-0.15, -0.1) is 0 Å². The number of carbonyl (C=O) groups excluding carboxylic acids is 1. The predicted molar refractivity (Wildman–Crippen MR) is 112 cm³/mol. The van der Waals surface area contributed by atoms with Gasteiger partial charge in [0.1, 0.15) is 23.9 Å². The number of fused-ring (bicyclic) bond motifs is 3. The standard InChI is InChI=1S/C25H34O7/c26-18-11-16-13-25(28-14-17(16)12-18)20(19-15-27-23(30-19)7-3-1-4-8-23)29-22-21(25)31-24(32-22)9-5-2-6-10-24/h12,16,19-22H,1-11,13-15H2/t16-,19-,20-,21+,22-,25-/m1/s1. The highest BCUT2D eigenvalue weighted by molar-refractivity contribution is 5.93. The molecule has 0 aromatic heterocycles. The van der Waals surface area contributed by atoms with Gasteiger partial charge in [-0.25, -0.2) is 0 Å². The molecule has 7 rings (SSSR count). The summed E-state index contributed by atoms with van der Waals surface area (Å²) in [4.78, 5) is 12.2. The van der Waals surface area contributed by atoms with Crippen LogP contribution in [0.2, 0.25) is 0 Å². The van der Waals surface area contributed by atoms with Crippen LogP contribution in [-0.4, -0.2) is 60.8 Å². The Bertz CT molecular complexity index is 811. The van der Waals surface area contributed by atoms with Gasteiger partial charge in [0.2, 0.25) is 0 Å². The largest absolute Gasteiger partial charge is 0.365 e. The van der Waals surface area contributed by atoms with Crippen molar-refractivity contribution < 1.29 is 33.2 Å². The average Bonchev–Trinajstić information content (AvgIpc) is 3.52. The number of allylic oxidation sites excluding steroid dienone is 1. The van der Waals surface area contributed by atoms with Crippen LogP contribution in [0.1, 0.15) is 77.0 Å². The van der Waals surface area contributed by atoms with Crippen LogP contribution >= 0.6 is 0 Å². The summed E-state index contributed by atoms with van der Waals surface area (Å²) in [5.41, 5.74) is 0.438. The molecule has 4 saturated heterocycles. The molecule has 0 aromatic carbocycles. The van der Waals surface area contributed by atoms with Crippen molar-refractivity contribution in [3.05, 3.63) is 11.6 Å². The Morgan fingerprint density at radius 2 is 1.56 bits per heavy atom. The smallest absolute Gasteiger partial charge is 0.190 e. The molecule has 4 aliphatic heterocycles. The fourth-order valence-corrected chi connectivity index (χ4v) is 7.43. The van der Waals surface area contributed by atoms with Gasteiger partial charge in [-0.2, -0.15) is 0 Å². The molecule has 0 amide bonds. The van der Waals surface area contributed by atoms with E-state index in [1.165, 1.54) is 12.8 Å². The van der Waals surface area contributed by atoms with Crippen LogP contribution in [0.4, 0.5) is 0 Å². The van der Waals surface area contributed by atoms with Crippen LogP contribution in [0.15, 0.2) is 11.6 Å². The molecule has 176 valence electrons. The predicted octanol–water partition coefficient (Wildman–Crippen LogP) is 3.54. The molecule has 0 unspecified atom stereocenters. The summed E-state index contributed by atoms with van der Waals surface area (Å²) in [6, 6.07) is 0. The van der Waals surface area contributed by atoms with Crippen molar-refractivity contribution in [2.45, 2.75) is 119 Å². The lowest BCUT2D eigenvalue weighted by atomic mass is 9.76. The maximum Gasteiger partial charge on any atom is 0.190 e. The van der Waals surface area contributed by atoms with E-state index in [0.29, 0.717) is 26.1 Å². The third-order valence-corrected chi connectivity index (χ3v) is 9.00. The van der Waals surface area contributed by atoms with E-state index >= 15 is 0 Å². The lowest BCUT2D eigenvalue weighted by molar-refractivity contribution is -0.281. The molecule has 3 aliphatic carbocycles. The molecule has 0 N–H and O–H groups in total. The number of ether oxygens (including phenoxy) is 6. The van der Waals surface area contributed by atoms with Crippen LogP contribution in [0.3, 0.4) is 0 Å². The van der Waals surface area contributed by atoms with Crippen molar-refractivity contribution in [3.8, 4) is 0 Å². The summed E-state index contributed by atoms with van der Waals surface area (Å²) in [7, 11) is 0. The lowest BCUT2D eigenvalue weighted by Gasteiger charge is -2.45. The van der Waals surface area contributed by atoms with Gasteiger partial charge in [0.25, 0.3) is 0 Å². The fourth-order valence-electron chi connectivity index (χ4n) is 7.43. The molecule has 7 aliphatic rings. The molecule has 0 bridgehead atoms. The second-order valence-electron chi connectivity index (χ2n) is 11.0. The first kappa shape index (κ1) is 20.5. The molecular formula is C25H34O7. The monoisotopic (exact) mass is 446 g/mol. The van der Waals surface area contributed by atoms with Crippen molar-refractivity contribution in [2.75, 3.05) is 13.2 Å². The van der Waals surface area contributed by atoms with Crippen LogP contribution in [0.25, 0.3) is 0 Å². The molecule has 6 atom stereocenters. The van der Waals surface area contributed by atoms with E-state index in [-0.39, 0.29) is 30.0 Å². The third-order valence-electron chi connectivity index (χ3n) is 9.00. The maximum atomic E-state index is 12.2. The van der Waals surface area contributed by atoms with Crippen molar-refractivity contribution in [3.63, 3.8) is 0 Å². The van der Waals surface area contributed by atoms with Crippen LogP contribution in [0.5, 0.6) is 0 Å². The molecule has 32 heavy (non-hydrogen) atoms. The van der Waals surface area contributed by atoms with Gasteiger partial charge in [-0.05, 0) is 49.7 Å². The second kappa shape index (κ2) is 7.33. The Kier molecular flexibility index (Phi) is 4.71. The van der Waals surface area contributed by atoms with E-state index in [0.717, 1.165) is 56.9 Å². The maximum absolute atomic E-state index is 12.2. The molecule has 3 spiro atoms. The van der Waals surface area contributed by atoms with Crippen LogP contribution in [0, 0.1) is 5.92 Å². The Morgan fingerprint density at radius 3 is 2.34 bits per heavy atom. The minimum Gasteiger partial charge on any atom is -0.365 e. The summed E-state index contributed by atoms with van der Waals surface area (Å²) in [5, 5.41) is 0. The molecule has 0 aromatic rings. The molecular weight excluding hydrogens is 412 g/mol. The van der Waals surface area contributed by atoms with E-state index in [1.54, 1.807) is 6.08 Å². The number of rotatable bonds is 1. The van der Waals surface area contributed by atoms with E-state index in [4.69, 9.17) is 28.4 Å². The molecule has 6 fully saturated rings. The SMILES string of the molecule is O=C1C=C2CO[C@]3(C[C@H]2C1)[C@@H]([C@H]1COC2(CCCCC2)O1)O[C@@H]1OC2(CCCCC2)O[C@@H]13. The second-order valence-corrected chi connectivity index (χ2v) is 11.0. The van der Waals surface area contributed by atoms with Crippen LogP contribution < -0.4 is 0 Å². The van der Waals surface area contributed by atoms with Crippen molar-refractivity contribution in [1.29, 1.82) is 0 Å². The Morgan fingerprint density at radius 1 is 0.812 bits per heavy atom. The van der Waals surface area contributed by atoms with E-state index < -0.39 is 23.5 Å². The topological polar surface area (TPSA) is 72.5 Å². The molecule has 4 heterocycles. The van der Waals surface area contributed by atoms with Crippen molar-refractivity contribution in [2.24, 2.45) is 5.92 Å². The molecule has 7 heteroatoms. The van der Waals surface area contributed by atoms with Crippen LogP contribution in [-0.2, 0) is 33.2 Å². The quantitative estimate of drug-likeness (QED) is 0.610. The Balaban J connectivity index is 1.19.